The number of amides is 2. The fraction of sp³-hybridized carbons (Fsp3) is 0.188. The van der Waals surface area contributed by atoms with Gasteiger partial charge in [0.2, 0.25) is 11.8 Å². The van der Waals surface area contributed by atoms with Crippen molar-refractivity contribution in [1.82, 2.24) is 4.98 Å². The van der Waals surface area contributed by atoms with Crippen LogP contribution in [-0.4, -0.2) is 23.9 Å². The molecule has 0 atom stereocenters. The number of rotatable bonds is 5. The lowest BCUT2D eigenvalue weighted by molar-refractivity contribution is -0.115. The van der Waals surface area contributed by atoms with Crippen molar-refractivity contribution in [3.05, 3.63) is 47.1 Å². The second kappa shape index (κ2) is 7.60. The van der Waals surface area contributed by atoms with E-state index in [1.807, 2.05) is 0 Å². The molecular formula is C16H16ClN3O3. The molecule has 0 radical (unpaired) electrons. The van der Waals surface area contributed by atoms with E-state index < -0.39 is 0 Å². The van der Waals surface area contributed by atoms with Crippen LogP contribution in [0.3, 0.4) is 0 Å². The van der Waals surface area contributed by atoms with Crippen LogP contribution in [0.1, 0.15) is 23.7 Å². The van der Waals surface area contributed by atoms with Gasteiger partial charge >= 0.3 is 0 Å². The smallest absolute Gasteiger partial charge is 0.261 e. The van der Waals surface area contributed by atoms with E-state index in [1.54, 1.807) is 37.3 Å². The SMILES string of the molecule is CCC(=O)Nc1ccc(NC(=O)c2cccnc2OC)cc1Cl. The van der Waals surface area contributed by atoms with Crippen molar-refractivity contribution in [1.29, 1.82) is 0 Å². The minimum Gasteiger partial charge on any atom is -0.480 e. The summed E-state index contributed by atoms with van der Waals surface area (Å²) in [5.74, 6) is -0.261. The molecule has 1 aromatic heterocycles. The van der Waals surface area contributed by atoms with Gasteiger partial charge in [-0.05, 0) is 30.3 Å². The molecule has 0 saturated heterocycles. The molecule has 2 aromatic rings. The first kappa shape index (κ1) is 16.8. The van der Waals surface area contributed by atoms with E-state index in [9.17, 15) is 9.59 Å². The first-order valence-electron chi connectivity index (χ1n) is 6.95. The van der Waals surface area contributed by atoms with E-state index >= 15 is 0 Å². The topological polar surface area (TPSA) is 80.3 Å². The number of carbonyl (C=O) groups is 2. The molecule has 1 heterocycles. The first-order valence-corrected chi connectivity index (χ1v) is 7.32. The predicted octanol–water partition coefficient (Wildman–Crippen LogP) is 3.34. The van der Waals surface area contributed by atoms with Crippen molar-refractivity contribution in [3.8, 4) is 5.88 Å². The van der Waals surface area contributed by atoms with Crippen LogP contribution in [0, 0.1) is 0 Å². The summed E-state index contributed by atoms with van der Waals surface area (Å²) < 4.78 is 5.06. The number of ether oxygens (including phenoxy) is 1. The number of hydrogen-bond donors (Lipinski definition) is 2. The summed E-state index contributed by atoms with van der Waals surface area (Å²) >= 11 is 6.12. The lowest BCUT2D eigenvalue weighted by Gasteiger charge is -2.10. The molecule has 2 N–H and O–H groups in total. The van der Waals surface area contributed by atoms with Gasteiger partial charge in [0, 0.05) is 18.3 Å². The Morgan fingerprint density at radius 2 is 2.04 bits per heavy atom. The molecule has 0 unspecified atom stereocenters. The van der Waals surface area contributed by atoms with Crippen LogP contribution < -0.4 is 15.4 Å². The zero-order valence-corrected chi connectivity index (χ0v) is 13.5. The Morgan fingerprint density at radius 1 is 1.26 bits per heavy atom. The quantitative estimate of drug-likeness (QED) is 0.879. The minimum absolute atomic E-state index is 0.135. The number of methoxy groups -OCH3 is 1. The third-order valence-corrected chi connectivity index (χ3v) is 3.34. The molecule has 0 fully saturated rings. The number of anilines is 2. The summed E-state index contributed by atoms with van der Waals surface area (Å²) in [6.07, 6.45) is 1.90. The van der Waals surface area contributed by atoms with E-state index in [1.165, 1.54) is 13.3 Å². The highest BCUT2D eigenvalue weighted by molar-refractivity contribution is 6.34. The number of halogens is 1. The maximum absolute atomic E-state index is 12.3. The maximum Gasteiger partial charge on any atom is 0.261 e. The Morgan fingerprint density at radius 3 is 2.70 bits per heavy atom. The van der Waals surface area contributed by atoms with Crippen molar-refractivity contribution in [2.45, 2.75) is 13.3 Å². The number of aromatic nitrogens is 1. The Labute approximate surface area is 138 Å². The van der Waals surface area contributed by atoms with Gasteiger partial charge in [-0.3, -0.25) is 9.59 Å². The molecule has 0 bridgehead atoms. The fourth-order valence-electron chi connectivity index (χ4n) is 1.86. The Kier molecular flexibility index (Phi) is 5.54. The lowest BCUT2D eigenvalue weighted by Crippen LogP contribution is -2.14. The summed E-state index contributed by atoms with van der Waals surface area (Å²) in [6, 6.07) is 8.10. The summed E-state index contributed by atoms with van der Waals surface area (Å²) in [5, 5.41) is 5.72. The zero-order chi connectivity index (χ0) is 16.8. The van der Waals surface area contributed by atoms with E-state index in [0.29, 0.717) is 28.4 Å². The molecule has 120 valence electrons. The first-order chi connectivity index (χ1) is 11.0. The van der Waals surface area contributed by atoms with Crippen LogP contribution in [0.25, 0.3) is 0 Å². The van der Waals surface area contributed by atoms with Gasteiger partial charge in [0.05, 0.1) is 17.8 Å². The average Bonchev–Trinajstić information content (AvgIpc) is 2.57. The van der Waals surface area contributed by atoms with E-state index in [0.717, 1.165) is 0 Å². The highest BCUT2D eigenvalue weighted by atomic mass is 35.5. The zero-order valence-electron chi connectivity index (χ0n) is 12.7. The fourth-order valence-corrected chi connectivity index (χ4v) is 2.09. The second-order valence-corrected chi connectivity index (χ2v) is 5.02. The molecule has 2 rings (SSSR count). The van der Waals surface area contributed by atoms with Gasteiger partial charge in [0.1, 0.15) is 5.56 Å². The summed E-state index contributed by atoms with van der Waals surface area (Å²) in [7, 11) is 1.45. The van der Waals surface area contributed by atoms with E-state index in [2.05, 4.69) is 15.6 Å². The summed E-state index contributed by atoms with van der Waals surface area (Å²) in [4.78, 5) is 27.6. The van der Waals surface area contributed by atoms with Gasteiger partial charge in [0.25, 0.3) is 5.91 Å². The summed E-state index contributed by atoms with van der Waals surface area (Å²) in [6.45, 7) is 1.75. The minimum atomic E-state index is -0.364. The van der Waals surface area contributed by atoms with Crippen molar-refractivity contribution < 1.29 is 14.3 Å². The van der Waals surface area contributed by atoms with Crippen LogP contribution >= 0.6 is 11.6 Å². The number of nitrogens with zero attached hydrogens (tertiary/aromatic N) is 1. The third-order valence-electron chi connectivity index (χ3n) is 3.03. The van der Waals surface area contributed by atoms with Crippen LogP contribution in [0.5, 0.6) is 5.88 Å². The van der Waals surface area contributed by atoms with Gasteiger partial charge < -0.3 is 15.4 Å². The average molecular weight is 334 g/mol. The van der Waals surface area contributed by atoms with Crippen molar-refractivity contribution in [2.75, 3.05) is 17.7 Å². The number of benzene rings is 1. The molecule has 1 aromatic carbocycles. The van der Waals surface area contributed by atoms with Crippen LogP contribution in [0.15, 0.2) is 36.5 Å². The number of hydrogen-bond acceptors (Lipinski definition) is 4. The monoisotopic (exact) mass is 333 g/mol. The van der Waals surface area contributed by atoms with Gasteiger partial charge in [-0.1, -0.05) is 18.5 Å². The Balaban J connectivity index is 2.15. The molecule has 2 amide bonds. The van der Waals surface area contributed by atoms with Crippen LogP contribution in [-0.2, 0) is 4.79 Å². The highest BCUT2D eigenvalue weighted by Crippen LogP contribution is 2.26. The van der Waals surface area contributed by atoms with Gasteiger partial charge in [-0.25, -0.2) is 4.98 Å². The van der Waals surface area contributed by atoms with Gasteiger partial charge in [-0.15, -0.1) is 0 Å². The molecular weight excluding hydrogens is 318 g/mol. The van der Waals surface area contributed by atoms with Crippen LogP contribution in [0.4, 0.5) is 11.4 Å². The van der Waals surface area contributed by atoms with E-state index in [-0.39, 0.29) is 17.7 Å². The predicted molar refractivity (Wildman–Crippen MR) is 89.1 cm³/mol. The number of pyridine rings is 1. The van der Waals surface area contributed by atoms with Crippen LogP contribution in [0.2, 0.25) is 5.02 Å². The molecule has 0 aliphatic heterocycles. The molecule has 23 heavy (non-hydrogen) atoms. The summed E-state index contributed by atoms with van der Waals surface area (Å²) in [5.41, 5.74) is 1.31. The van der Waals surface area contributed by atoms with Gasteiger partial charge in [0.15, 0.2) is 0 Å². The lowest BCUT2D eigenvalue weighted by atomic mass is 10.2. The Bertz CT molecular complexity index is 734. The van der Waals surface area contributed by atoms with Gasteiger partial charge in [-0.2, -0.15) is 0 Å². The number of carbonyl (C=O) groups excluding carboxylic acids is 2. The third kappa shape index (κ3) is 4.20. The normalized spacial score (nSPS) is 10.0. The highest BCUT2D eigenvalue weighted by Gasteiger charge is 2.14. The maximum atomic E-state index is 12.3. The number of nitrogens with one attached hydrogen (secondary N) is 2. The molecule has 0 aliphatic rings. The van der Waals surface area contributed by atoms with E-state index in [4.69, 9.17) is 16.3 Å². The molecule has 0 spiro atoms. The largest absolute Gasteiger partial charge is 0.480 e. The van der Waals surface area contributed by atoms with Crippen molar-refractivity contribution >= 4 is 34.8 Å². The molecule has 7 heteroatoms. The molecule has 0 aliphatic carbocycles. The molecule has 0 saturated carbocycles. The second-order valence-electron chi connectivity index (χ2n) is 4.61. The standard InChI is InChI=1S/C16H16ClN3O3/c1-3-14(21)20-13-7-6-10(9-12(13)17)19-15(22)11-5-4-8-18-16(11)23-2/h4-9H,3H2,1-2H3,(H,19,22)(H,20,21). The van der Waals surface area contributed by atoms with Crippen molar-refractivity contribution in [3.63, 3.8) is 0 Å². The molecule has 6 nitrogen and oxygen atoms in total. The Hall–Kier alpha value is -2.60. The van der Waals surface area contributed by atoms with Crippen molar-refractivity contribution in [2.24, 2.45) is 0 Å².